The molecule has 1 aromatic heterocycles. The van der Waals surface area contributed by atoms with Crippen molar-refractivity contribution in [1.82, 2.24) is 19.8 Å². The number of aryl methyl sites for hydroxylation is 2. The highest BCUT2D eigenvalue weighted by Crippen LogP contribution is 2.28. The first-order valence-corrected chi connectivity index (χ1v) is 10.5. The molecule has 146 valence electrons. The van der Waals surface area contributed by atoms with Crippen LogP contribution in [0.3, 0.4) is 0 Å². The van der Waals surface area contributed by atoms with Gasteiger partial charge in [-0.15, -0.1) is 0 Å². The molecule has 1 aromatic carbocycles. The van der Waals surface area contributed by atoms with Crippen molar-refractivity contribution in [3.8, 4) is 0 Å². The highest BCUT2D eigenvalue weighted by molar-refractivity contribution is 5.78. The predicted molar refractivity (Wildman–Crippen MR) is 109 cm³/mol. The summed E-state index contributed by atoms with van der Waals surface area (Å²) < 4.78 is 0. The highest BCUT2D eigenvalue weighted by atomic mass is 16.2. The summed E-state index contributed by atoms with van der Waals surface area (Å²) in [4.78, 5) is 25.4. The molecule has 2 aliphatic rings. The number of amides is 1. The van der Waals surface area contributed by atoms with Gasteiger partial charge in [0.1, 0.15) is 5.82 Å². The number of fused-ring (bicyclic) bond motifs is 1. The third-order valence-corrected chi connectivity index (χ3v) is 6.46. The Morgan fingerprint density at radius 3 is 2.63 bits per heavy atom. The smallest absolute Gasteiger partial charge is 0.236 e. The van der Waals surface area contributed by atoms with Crippen LogP contribution < -0.4 is 0 Å². The number of nitrogens with zero attached hydrogens (tertiary/aromatic N) is 3. The maximum atomic E-state index is 12.6. The number of piperidine rings is 2. The van der Waals surface area contributed by atoms with E-state index in [2.05, 4.69) is 47.7 Å². The fraction of sp³-hybridized carbons (Fsp3) is 0.636. The standard InChI is InChI=1S/C22H32N4O/c1-15-5-4-8-26(13-15)21(27)14-25-9-6-18(7-10-25)22-23-19-11-16(2)17(3)12-20(19)24-22/h11-12,15,18H,4-10,13-14H2,1-3H3,(H,23,24)/t15-/m0/s1. The van der Waals surface area contributed by atoms with Crippen LogP contribution in [0, 0.1) is 19.8 Å². The second-order valence-electron chi connectivity index (χ2n) is 8.71. The van der Waals surface area contributed by atoms with Crippen LogP contribution in [0.5, 0.6) is 0 Å². The zero-order valence-corrected chi connectivity index (χ0v) is 16.9. The third kappa shape index (κ3) is 4.03. The SMILES string of the molecule is Cc1cc2nc(C3CCN(CC(=O)N4CCC[C@H](C)C4)CC3)[nH]c2cc1C. The lowest BCUT2D eigenvalue weighted by Gasteiger charge is -2.35. The lowest BCUT2D eigenvalue weighted by atomic mass is 9.96. The van der Waals surface area contributed by atoms with Gasteiger partial charge in [-0.1, -0.05) is 6.92 Å². The third-order valence-electron chi connectivity index (χ3n) is 6.46. The number of imidazole rings is 1. The van der Waals surface area contributed by atoms with Gasteiger partial charge in [0.15, 0.2) is 0 Å². The van der Waals surface area contributed by atoms with E-state index in [-0.39, 0.29) is 0 Å². The molecular formula is C22H32N4O. The maximum absolute atomic E-state index is 12.6. The number of carbonyl (C=O) groups is 1. The molecule has 0 bridgehead atoms. The van der Waals surface area contributed by atoms with Crippen LogP contribution in [0.2, 0.25) is 0 Å². The first-order chi connectivity index (χ1) is 13.0. The van der Waals surface area contributed by atoms with Gasteiger partial charge in [0.25, 0.3) is 0 Å². The Morgan fingerprint density at radius 1 is 1.15 bits per heavy atom. The lowest BCUT2D eigenvalue weighted by molar-refractivity contribution is -0.134. The first-order valence-electron chi connectivity index (χ1n) is 10.5. The summed E-state index contributed by atoms with van der Waals surface area (Å²) in [6.07, 6.45) is 4.55. The molecule has 2 aromatic rings. The summed E-state index contributed by atoms with van der Waals surface area (Å²) >= 11 is 0. The minimum absolute atomic E-state index is 0.315. The predicted octanol–water partition coefficient (Wildman–Crippen LogP) is 3.62. The van der Waals surface area contributed by atoms with Crippen LogP contribution in [-0.2, 0) is 4.79 Å². The van der Waals surface area contributed by atoms with Crippen LogP contribution in [-0.4, -0.2) is 58.4 Å². The minimum Gasteiger partial charge on any atom is -0.342 e. The van der Waals surface area contributed by atoms with Gasteiger partial charge in [0, 0.05) is 19.0 Å². The van der Waals surface area contributed by atoms with Crippen molar-refractivity contribution in [2.75, 3.05) is 32.7 Å². The van der Waals surface area contributed by atoms with Crippen LogP contribution >= 0.6 is 0 Å². The Morgan fingerprint density at radius 2 is 1.89 bits per heavy atom. The number of aromatic amines is 1. The summed E-state index contributed by atoms with van der Waals surface area (Å²) in [7, 11) is 0. The molecule has 27 heavy (non-hydrogen) atoms. The molecule has 1 amide bonds. The molecule has 0 unspecified atom stereocenters. The summed E-state index contributed by atoms with van der Waals surface area (Å²) in [6.45, 7) is 11.0. The second kappa shape index (κ2) is 7.63. The Bertz CT molecular complexity index is 780. The quantitative estimate of drug-likeness (QED) is 0.900. The fourth-order valence-corrected chi connectivity index (χ4v) is 4.55. The van der Waals surface area contributed by atoms with E-state index in [1.807, 2.05) is 0 Å². The van der Waals surface area contributed by atoms with E-state index in [9.17, 15) is 4.79 Å². The van der Waals surface area contributed by atoms with Crippen LogP contribution in [0.25, 0.3) is 11.0 Å². The van der Waals surface area contributed by atoms with Crippen molar-refractivity contribution < 1.29 is 4.79 Å². The molecule has 3 heterocycles. The Hall–Kier alpha value is -1.88. The molecule has 2 aliphatic heterocycles. The van der Waals surface area contributed by atoms with Crippen LogP contribution in [0.15, 0.2) is 12.1 Å². The van der Waals surface area contributed by atoms with Crippen molar-refractivity contribution in [2.45, 2.75) is 52.4 Å². The normalized spacial score (nSPS) is 22.5. The van der Waals surface area contributed by atoms with Gasteiger partial charge in [-0.3, -0.25) is 9.69 Å². The van der Waals surface area contributed by atoms with Gasteiger partial charge in [0.2, 0.25) is 5.91 Å². The molecule has 5 nitrogen and oxygen atoms in total. The molecule has 4 rings (SSSR count). The van der Waals surface area contributed by atoms with Gasteiger partial charge in [-0.05, 0) is 81.8 Å². The number of benzene rings is 1. The van der Waals surface area contributed by atoms with E-state index >= 15 is 0 Å². The number of hydrogen-bond donors (Lipinski definition) is 1. The van der Waals surface area contributed by atoms with Crippen molar-refractivity contribution in [1.29, 1.82) is 0 Å². The van der Waals surface area contributed by atoms with Crippen molar-refractivity contribution in [2.24, 2.45) is 5.92 Å². The maximum Gasteiger partial charge on any atom is 0.236 e. The Kier molecular flexibility index (Phi) is 5.22. The number of nitrogens with one attached hydrogen (secondary N) is 1. The van der Waals surface area contributed by atoms with Crippen LogP contribution in [0.1, 0.15) is 55.5 Å². The van der Waals surface area contributed by atoms with E-state index in [1.165, 1.54) is 17.5 Å². The fourth-order valence-electron chi connectivity index (χ4n) is 4.55. The first kappa shape index (κ1) is 18.5. The highest BCUT2D eigenvalue weighted by Gasteiger charge is 2.27. The number of likely N-dealkylation sites (tertiary alicyclic amines) is 2. The number of hydrogen-bond acceptors (Lipinski definition) is 3. The molecule has 0 radical (unpaired) electrons. The van der Waals surface area contributed by atoms with Gasteiger partial charge in [-0.25, -0.2) is 4.98 Å². The van der Waals surface area contributed by atoms with Gasteiger partial charge in [-0.2, -0.15) is 0 Å². The van der Waals surface area contributed by atoms with Crippen molar-refractivity contribution in [3.05, 3.63) is 29.1 Å². The van der Waals surface area contributed by atoms with Gasteiger partial charge < -0.3 is 9.88 Å². The monoisotopic (exact) mass is 368 g/mol. The Labute approximate surface area is 162 Å². The number of aromatic nitrogens is 2. The summed E-state index contributed by atoms with van der Waals surface area (Å²) in [6, 6.07) is 4.38. The lowest BCUT2D eigenvalue weighted by Crippen LogP contribution is -2.46. The molecule has 0 spiro atoms. The zero-order chi connectivity index (χ0) is 19.0. The van der Waals surface area contributed by atoms with Crippen molar-refractivity contribution >= 4 is 16.9 Å². The number of carbonyl (C=O) groups excluding carboxylic acids is 1. The number of rotatable bonds is 3. The average molecular weight is 369 g/mol. The van der Waals surface area contributed by atoms with E-state index in [1.54, 1.807) is 0 Å². The van der Waals surface area contributed by atoms with Gasteiger partial charge >= 0.3 is 0 Å². The molecular weight excluding hydrogens is 336 g/mol. The average Bonchev–Trinajstić information content (AvgIpc) is 3.05. The Balaban J connectivity index is 1.34. The zero-order valence-electron chi connectivity index (χ0n) is 16.9. The van der Waals surface area contributed by atoms with E-state index < -0.39 is 0 Å². The van der Waals surface area contributed by atoms with Crippen LogP contribution in [0.4, 0.5) is 0 Å². The summed E-state index contributed by atoms with van der Waals surface area (Å²) in [5, 5.41) is 0. The molecule has 2 saturated heterocycles. The molecule has 1 atom stereocenters. The largest absolute Gasteiger partial charge is 0.342 e. The van der Waals surface area contributed by atoms with E-state index in [0.29, 0.717) is 24.3 Å². The molecule has 0 saturated carbocycles. The van der Waals surface area contributed by atoms with Crippen molar-refractivity contribution in [3.63, 3.8) is 0 Å². The molecule has 5 heteroatoms. The second-order valence-corrected chi connectivity index (χ2v) is 8.71. The molecule has 2 fully saturated rings. The molecule has 1 N–H and O–H groups in total. The topological polar surface area (TPSA) is 52.2 Å². The van der Waals surface area contributed by atoms with Gasteiger partial charge in [0.05, 0.1) is 17.6 Å². The summed E-state index contributed by atoms with van der Waals surface area (Å²) in [5.74, 6) is 2.55. The van der Waals surface area contributed by atoms with E-state index in [4.69, 9.17) is 4.98 Å². The summed E-state index contributed by atoms with van der Waals surface area (Å²) in [5.41, 5.74) is 4.81. The number of H-pyrrole nitrogens is 1. The molecule has 0 aliphatic carbocycles. The van der Waals surface area contributed by atoms with E-state index in [0.717, 1.165) is 62.3 Å². The minimum atomic E-state index is 0.315.